The van der Waals surface area contributed by atoms with Crippen LogP contribution in [0.3, 0.4) is 0 Å². The quantitative estimate of drug-likeness (QED) is 0.650. The van der Waals surface area contributed by atoms with Gasteiger partial charge in [-0.3, -0.25) is 9.69 Å². The van der Waals surface area contributed by atoms with Crippen molar-refractivity contribution in [3.63, 3.8) is 0 Å². The molecule has 1 atom stereocenters. The molecule has 3 aromatic rings. The number of benzene rings is 3. The highest BCUT2D eigenvalue weighted by Gasteiger charge is 2.23. The summed E-state index contributed by atoms with van der Waals surface area (Å²) >= 11 is 0. The molecule has 1 aliphatic heterocycles. The maximum absolute atomic E-state index is 13.3. The van der Waals surface area contributed by atoms with Gasteiger partial charge in [0.15, 0.2) is 6.61 Å². The Hall–Kier alpha value is -2.96. The van der Waals surface area contributed by atoms with Gasteiger partial charge in [0, 0.05) is 19.6 Å². The summed E-state index contributed by atoms with van der Waals surface area (Å²) in [7, 11) is 0. The van der Waals surface area contributed by atoms with Gasteiger partial charge in [-0.15, -0.1) is 0 Å². The van der Waals surface area contributed by atoms with E-state index in [2.05, 4.69) is 10.2 Å². The topological polar surface area (TPSA) is 50.8 Å². The summed E-state index contributed by atoms with van der Waals surface area (Å²) in [4.78, 5) is 14.7. The summed E-state index contributed by atoms with van der Waals surface area (Å²) in [6.07, 6.45) is 0. The maximum Gasteiger partial charge on any atom is 0.258 e. The van der Waals surface area contributed by atoms with Gasteiger partial charge in [-0.2, -0.15) is 0 Å². The molecular weight excluding hydrogens is 383 g/mol. The van der Waals surface area contributed by atoms with Crippen molar-refractivity contribution in [2.75, 3.05) is 39.5 Å². The monoisotopic (exact) mass is 408 g/mol. The summed E-state index contributed by atoms with van der Waals surface area (Å²) in [6.45, 7) is 3.20. The second-order valence-corrected chi connectivity index (χ2v) is 7.32. The molecule has 1 N–H and O–H groups in total. The largest absolute Gasteiger partial charge is 0.484 e. The van der Waals surface area contributed by atoms with Crippen molar-refractivity contribution >= 4 is 16.7 Å². The van der Waals surface area contributed by atoms with E-state index in [4.69, 9.17) is 9.47 Å². The van der Waals surface area contributed by atoms with Gasteiger partial charge >= 0.3 is 0 Å². The van der Waals surface area contributed by atoms with E-state index in [1.807, 2.05) is 42.5 Å². The molecule has 5 nitrogen and oxygen atoms in total. The molecule has 0 unspecified atom stereocenters. The lowest BCUT2D eigenvalue weighted by Crippen LogP contribution is -2.44. The van der Waals surface area contributed by atoms with E-state index < -0.39 is 0 Å². The minimum absolute atomic E-state index is 0.0425. The van der Waals surface area contributed by atoms with Crippen LogP contribution in [0.15, 0.2) is 66.7 Å². The summed E-state index contributed by atoms with van der Waals surface area (Å²) in [5.74, 6) is 0.197. The van der Waals surface area contributed by atoms with Crippen molar-refractivity contribution in [2.24, 2.45) is 0 Å². The van der Waals surface area contributed by atoms with Crippen LogP contribution in [-0.4, -0.2) is 50.3 Å². The van der Waals surface area contributed by atoms with Crippen LogP contribution in [0.4, 0.5) is 4.39 Å². The Morgan fingerprint density at radius 3 is 2.53 bits per heavy atom. The zero-order valence-corrected chi connectivity index (χ0v) is 16.7. The fourth-order valence-electron chi connectivity index (χ4n) is 3.70. The van der Waals surface area contributed by atoms with Crippen molar-refractivity contribution in [3.8, 4) is 5.75 Å². The molecule has 0 spiro atoms. The molecule has 0 bridgehead atoms. The van der Waals surface area contributed by atoms with E-state index in [9.17, 15) is 9.18 Å². The van der Waals surface area contributed by atoms with Crippen LogP contribution in [0.5, 0.6) is 5.75 Å². The summed E-state index contributed by atoms with van der Waals surface area (Å²) in [6, 6.07) is 20.2. The smallest absolute Gasteiger partial charge is 0.258 e. The number of halogens is 1. The third-order valence-electron chi connectivity index (χ3n) is 5.32. The zero-order chi connectivity index (χ0) is 20.8. The van der Waals surface area contributed by atoms with Crippen molar-refractivity contribution in [1.82, 2.24) is 10.2 Å². The molecule has 1 heterocycles. The molecular formula is C24H25FN2O3. The number of hydrogen-bond acceptors (Lipinski definition) is 4. The lowest BCUT2D eigenvalue weighted by molar-refractivity contribution is -0.123. The van der Waals surface area contributed by atoms with Crippen molar-refractivity contribution < 1.29 is 18.7 Å². The molecule has 3 aromatic carbocycles. The number of hydrogen-bond donors (Lipinski definition) is 1. The van der Waals surface area contributed by atoms with Crippen LogP contribution in [0.1, 0.15) is 11.6 Å². The highest BCUT2D eigenvalue weighted by molar-refractivity contribution is 5.84. The molecule has 4 rings (SSSR count). The van der Waals surface area contributed by atoms with Crippen LogP contribution in [-0.2, 0) is 9.53 Å². The first-order valence-electron chi connectivity index (χ1n) is 10.1. The minimum Gasteiger partial charge on any atom is -0.484 e. The average molecular weight is 408 g/mol. The fourth-order valence-corrected chi connectivity index (χ4v) is 3.70. The van der Waals surface area contributed by atoms with Gasteiger partial charge in [-0.1, -0.05) is 42.5 Å². The lowest BCUT2D eigenvalue weighted by Gasteiger charge is -2.35. The van der Waals surface area contributed by atoms with Crippen molar-refractivity contribution in [1.29, 1.82) is 0 Å². The van der Waals surface area contributed by atoms with Crippen LogP contribution in [0.2, 0.25) is 0 Å². The van der Waals surface area contributed by atoms with Gasteiger partial charge < -0.3 is 14.8 Å². The van der Waals surface area contributed by atoms with Gasteiger partial charge in [0.05, 0.1) is 19.3 Å². The van der Waals surface area contributed by atoms with Crippen LogP contribution < -0.4 is 10.1 Å². The molecule has 1 aliphatic rings. The number of rotatable bonds is 7. The number of morpholine rings is 1. The zero-order valence-electron chi connectivity index (χ0n) is 16.7. The molecule has 1 fully saturated rings. The fraction of sp³-hybridized carbons (Fsp3) is 0.292. The van der Waals surface area contributed by atoms with Gasteiger partial charge in [0.2, 0.25) is 0 Å². The van der Waals surface area contributed by atoms with Crippen molar-refractivity contribution in [3.05, 3.63) is 78.1 Å². The van der Waals surface area contributed by atoms with E-state index >= 15 is 0 Å². The molecule has 0 saturated carbocycles. The van der Waals surface area contributed by atoms with E-state index in [-0.39, 0.29) is 24.4 Å². The number of fused-ring (bicyclic) bond motifs is 1. The Balaban J connectivity index is 1.36. The van der Waals surface area contributed by atoms with Crippen LogP contribution in [0, 0.1) is 5.82 Å². The first-order chi connectivity index (χ1) is 14.7. The first-order valence-corrected chi connectivity index (χ1v) is 10.1. The number of nitrogens with one attached hydrogen (secondary N) is 1. The molecule has 1 saturated heterocycles. The minimum atomic E-state index is -0.271. The molecule has 30 heavy (non-hydrogen) atoms. The molecule has 0 aromatic heterocycles. The average Bonchev–Trinajstić information content (AvgIpc) is 2.79. The normalized spacial score (nSPS) is 15.6. The Bertz CT molecular complexity index is 987. The van der Waals surface area contributed by atoms with E-state index in [1.54, 1.807) is 12.1 Å². The Labute approximate surface area is 175 Å². The number of carbonyl (C=O) groups is 1. The van der Waals surface area contributed by atoms with E-state index in [0.717, 1.165) is 29.4 Å². The lowest BCUT2D eigenvalue weighted by atomic mass is 10.0. The number of ether oxygens (including phenoxy) is 2. The summed E-state index contributed by atoms with van der Waals surface area (Å²) in [5, 5.41) is 5.16. The van der Waals surface area contributed by atoms with Crippen molar-refractivity contribution in [2.45, 2.75) is 6.04 Å². The van der Waals surface area contributed by atoms with E-state index in [1.165, 1.54) is 12.1 Å². The molecule has 156 valence electrons. The summed E-state index contributed by atoms with van der Waals surface area (Å²) in [5.41, 5.74) is 0.967. The van der Waals surface area contributed by atoms with Gasteiger partial charge in [-0.25, -0.2) is 4.39 Å². The second-order valence-electron chi connectivity index (χ2n) is 7.32. The maximum atomic E-state index is 13.3. The number of carbonyl (C=O) groups excluding carboxylic acids is 1. The second kappa shape index (κ2) is 9.69. The molecule has 6 heteroatoms. The molecule has 0 radical (unpaired) electrons. The van der Waals surface area contributed by atoms with Crippen LogP contribution in [0.25, 0.3) is 10.8 Å². The molecule has 1 amide bonds. The highest BCUT2D eigenvalue weighted by atomic mass is 19.1. The van der Waals surface area contributed by atoms with Crippen LogP contribution >= 0.6 is 0 Å². The van der Waals surface area contributed by atoms with Gasteiger partial charge in [-0.05, 0) is 40.6 Å². The highest BCUT2D eigenvalue weighted by Crippen LogP contribution is 2.22. The first kappa shape index (κ1) is 20.3. The predicted octanol–water partition coefficient (Wildman–Crippen LogP) is 3.55. The van der Waals surface area contributed by atoms with Gasteiger partial charge in [0.25, 0.3) is 5.91 Å². The van der Waals surface area contributed by atoms with E-state index in [0.29, 0.717) is 25.5 Å². The Kier molecular flexibility index (Phi) is 6.57. The Morgan fingerprint density at radius 2 is 1.77 bits per heavy atom. The summed E-state index contributed by atoms with van der Waals surface area (Å²) < 4.78 is 24.5. The number of amides is 1. The standard InChI is InChI=1S/C24H25FN2O3/c25-21-8-5-19(6-9-21)23(27-11-13-29-14-12-27)16-26-24(28)17-30-22-10-7-18-3-1-2-4-20(18)15-22/h1-10,15,23H,11-14,16-17H2,(H,26,28)/t23-/m1/s1. The molecule has 0 aliphatic carbocycles. The third-order valence-corrected chi connectivity index (χ3v) is 5.32. The number of nitrogens with zero attached hydrogens (tertiary/aromatic N) is 1. The predicted molar refractivity (Wildman–Crippen MR) is 114 cm³/mol. The SMILES string of the molecule is O=C(COc1ccc2ccccc2c1)NC[C@H](c1ccc(F)cc1)N1CCOCC1. The third kappa shape index (κ3) is 5.14. The van der Waals surface area contributed by atoms with Gasteiger partial charge in [0.1, 0.15) is 11.6 Å². The Morgan fingerprint density at radius 1 is 1.03 bits per heavy atom.